The highest BCUT2D eigenvalue weighted by Gasteiger charge is 2.32. The molecule has 2 unspecified atom stereocenters. The van der Waals surface area contributed by atoms with E-state index in [-0.39, 0.29) is 18.0 Å². The quantitative estimate of drug-likeness (QED) is 0.569. The van der Waals surface area contributed by atoms with Crippen LogP contribution in [0.25, 0.3) is 11.3 Å². The standard InChI is InChI=1S/C18H21BrN6O3/c1-25-8-9(6-21-25)15-13-10(7-20-17(13)26)14(19)16(24-15)22-11-4-2-3-5-12(11)23-18(27)28/h6,8,11-12,23H,2-5,7H2,1H3,(H,20,26)(H,22,24)(H,27,28). The van der Waals surface area contributed by atoms with Crippen LogP contribution in [0.4, 0.5) is 10.6 Å². The van der Waals surface area contributed by atoms with Crippen LogP contribution in [0.2, 0.25) is 0 Å². The fourth-order valence-corrected chi connectivity index (χ4v) is 4.48. The number of aromatic nitrogens is 3. The summed E-state index contributed by atoms with van der Waals surface area (Å²) in [6.45, 7) is 0.417. The molecule has 2 atom stereocenters. The minimum Gasteiger partial charge on any atom is -0.465 e. The van der Waals surface area contributed by atoms with Crippen LogP contribution in [0.1, 0.15) is 41.6 Å². The molecule has 1 aliphatic heterocycles. The molecule has 4 rings (SSSR count). The van der Waals surface area contributed by atoms with Crippen molar-refractivity contribution in [3.63, 3.8) is 0 Å². The van der Waals surface area contributed by atoms with Gasteiger partial charge in [-0.2, -0.15) is 5.10 Å². The van der Waals surface area contributed by atoms with Gasteiger partial charge >= 0.3 is 6.09 Å². The van der Waals surface area contributed by atoms with Crippen molar-refractivity contribution in [1.82, 2.24) is 25.4 Å². The van der Waals surface area contributed by atoms with E-state index in [1.165, 1.54) is 0 Å². The number of rotatable bonds is 4. The van der Waals surface area contributed by atoms with E-state index in [0.29, 0.717) is 23.6 Å². The van der Waals surface area contributed by atoms with E-state index in [4.69, 9.17) is 10.1 Å². The number of halogens is 1. The lowest BCUT2D eigenvalue weighted by Crippen LogP contribution is -2.48. The average Bonchev–Trinajstić information content (AvgIpc) is 3.25. The Balaban J connectivity index is 1.73. The molecular weight excluding hydrogens is 428 g/mol. The lowest BCUT2D eigenvalue weighted by molar-refractivity contribution is 0.0966. The summed E-state index contributed by atoms with van der Waals surface area (Å²) in [5.41, 5.74) is 2.73. The van der Waals surface area contributed by atoms with Crippen molar-refractivity contribution >= 4 is 33.7 Å². The third kappa shape index (κ3) is 3.44. The third-order valence-corrected chi connectivity index (χ3v) is 6.12. The maximum absolute atomic E-state index is 12.4. The predicted octanol–water partition coefficient (Wildman–Crippen LogP) is 2.48. The van der Waals surface area contributed by atoms with Gasteiger partial charge < -0.3 is 21.1 Å². The Morgan fingerprint density at radius 1 is 1.36 bits per heavy atom. The molecule has 4 N–H and O–H groups in total. The molecule has 0 bridgehead atoms. The Morgan fingerprint density at radius 3 is 2.79 bits per heavy atom. The van der Waals surface area contributed by atoms with Crippen LogP contribution in [0.15, 0.2) is 16.9 Å². The molecule has 0 radical (unpaired) electrons. The zero-order chi connectivity index (χ0) is 19.8. The van der Waals surface area contributed by atoms with Crippen molar-refractivity contribution < 1.29 is 14.7 Å². The molecule has 2 aliphatic rings. The van der Waals surface area contributed by atoms with Crippen molar-refractivity contribution in [2.75, 3.05) is 5.32 Å². The fraction of sp³-hybridized carbons (Fsp3) is 0.444. The highest BCUT2D eigenvalue weighted by molar-refractivity contribution is 9.10. The van der Waals surface area contributed by atoms with Gasteiger partial charge in [0.1, 0.15) is 5.82 Å². The molecule has 1 aliphatic carbocycles. The molecular formula is C18H21BrN6O3. The van der Waals surface area contributed by atoms with E-state index in [2.05, 4.69) is 37.0 Å². The van der Waals surface area contributed by atoms with E-state index < -0.39 is 6.09 Å². The normalized spacial score (nSPS) is 21.1. The molecule has 2 aromatic heterocycles. The molecule has 0 spiro atoms. The van der Waals surface area contributed by atoms with Crippen molar-refractivity contribution in [2.45, 2.75) is 44.3 Å². The molecule has 0 saturated heterocycles. The number of nitrogens with one attached hydrogen (secondary N) is 3. The summed E-state index contributed by atoms with van der Waals surface area (Å²) in [5, 5.41) is 22.2. The molecule has 2 aromatic rings. The summed E-state index contributed by atoms with van der Waals surface area (Å²) in [7, 11) is 1.81. The van der Waals surface area contributed by atoms with E-state index in [0.717, 1.165) is 41.3 Å². The summed E-state index contributed by atoms with van der Waals surface area (Å²) in [6.07, 6.45) is 6.11. The van der Waals surface area contributed by atoms with Crippen LogP contribution in [0.5, 0.6) is 0 Å². The molecule has 1 fully saturated rings. The van der Waals surface area contributed by atoms with Crippen LogP contribution in [0, 0.1) is 0 Å². The largest absolute Gasteiger partial charge is 0.465 e. The van der Waals surface area contributed by atoms with E-state index in [1.807, 2.05) is 13.2 Å². The molecule has 3 heterocycles. The van der Waals surface area contributed by atoms with Crippen molar-refractivity contribution in [2.24, 2.45) is 7.05 Å². The molecule has 0 aromatic carbocycles. The van der Waals surface area contributed by atoms with Crippen LogP contribution in [-0.2, 0) is 13.6 Å². The van der Waals surface area contributed by atoms with E-state index in [1.54, 1.807) is 10.9 Å². The first kappa shape index (κ1) is 18.7. The molecule has 10 heteroatoms. The SMILES string of the molecule is Cn1cc(-c2nc(NC3CCCCC3NC(=O)O)c(Br)c3c2C(=O)NC3)cn1. The van der Waals surface area contributed by atoms with Gasteiger partial charge in [-0.05, 0) is 28.8 Å². The number of pyridine rings is 1. The Labute approximate surface area is 170 Å². The van der Waals surface area contributed by atoms with Crippen LogP contribution in [0.3, 0.4) is 0 Å². The smallest absolute Gasteiger partial charge is 0.404 e. The third-order valence-electron chi connectivity index (χ3n) is 5.26. The Kier molecular flexibility index (Phi) is 4.96. The minimum atomic E-state index is -1.02. The number of fused-ring (bicyclic) bond motifs is 1. The van der Waals surface area contributed by atoms with Crippen molar-refractivity contribution in [1.29, 1.82) is 0 Å². The van der Waals surface area contributed by atoms with Crippen molar-refractivity contribution in [3.8, 4) is 11.3 Å². The second-order valence-corrected chi connectivity index (χ2v) is 7.95. The van der Waals surface area contributed by atoms with Crippen LogP contribution >= 0.6 is 15.9 Å². The number of aryl methyl sites for hydroxylation is 1. The molecule has 9 nitrogen and oxygen atoms in total. The topological polar surface area (TPSA) is 121 Å². The number of anilines is 1. The maximum Gasteiger partial charge on any atom is 0.404 e. The number of amides is 2. The zero-order valence-corrected chi connectivity index (χ0v) is 16.9. The number of carbonyl (C=O) groups excluding carboxylic acids is 1. The highest BCUT2D eigenvalue weighted by Crippen LogP contribution is 2.37. The summed E-state index contributed by atoms with van der Waals surface area (Å²) in [6, 6.07) is -0.256. The molecule has 1 saturated carbocycles. The van der Waals surface area contributed by atoms with Gasteiger partial charge in [0, 0.05) is 37.0 Å². The zero-order valence-electron chi connectivity index (χ0n) is 15.3. The lowest BCUT2D eigenvalue weighted by atomic mass is 9.90. The second-order valence-electron chi connectivity index (χ2n) is 7.15. The summed E-state index contributed by atoms with van der Waals surface area (Å²) >= 11 is 3.59. The number of hydrogen-bond acceptors (Lipinski definition) is 5. The first-order chi connectivity index (χ1) is 13.4. The van der Waals surface area contributed by atoms with Gasteiger partial charge in [-0.25, -0.2) is 9.78 Å². The maximum atomic E-state index is 12.4. The highest BCUT2D eigenvalue weighted by atomic mass is 79.9. The van der Waals surface area contributed by atoms with Gasteiger partial charge in [0.2, 0.25) is 0 Å². The summed E-state index contributed by atoms with van der Waals surface area (Å²) in [4.78, 5) is 28.3. The molecule has 148 valence electrons. The number of hydrogen-bond donors (Lipinski definition) is 4. The first-order valence-corrected chi connectivity index (χ1v) is 9.99. The van der Waals surface area contributed by atoms with Crippen molar-refractivity contribution in [3.05, 3.63) is 28.0 Å². The number of carboxylic acid groups (broad SMARTS) is 1. The van der Waals surface area contributed by atoms with Crippen LogP contribution < -0.4 is 16.0 Å². The van der Waals surface area contributed by atoms with Gasteiger partial charge in [-0.3, -0.25) is 9.48 Å². The number of carbonyl (C=O) groups is 2. The van der Waals surface area contributed by atoms with Gasteiger partial charge in [-0.1, -0.05) is 12.8 Å². The predicted molar refractivity (Wildman–Crippen MR) is 106 cm³/mol. The van der Waals surface area contributed by atoms with Gasteiger partial charge in [-0.15, -0.1) is 0 Å². The lowest BCUT2D eigenvalue weighted by Gasteiger charge is -2.32. The summed E-state index contributed by atoms with van der Waals surface area (Å²) in [5.74, 6) is 0.454. The van der Waals surface area contributed by atoms with E-state index >= 15 is 0 Å². The average molecular weight is 449 g/mol. The number of nitrogens with zero attached hydrogens (tertiary/aromatic N) is 3. The Bertz CT molecular complexity index is 944. The first-order valence-electron chi connectivity index (χ1n) is 9.19. The molecule has 2 amide bonds. The minimum absolute atomic E-state index is 0.0708. The van der Waals surface area contributed by atoms with Gasteiger partial charge in [0.15, 0.2) is 0 Å². The Morgan fingerprint density at radius 2 is 2.11 bits per heavy atom. The molecule has 28 heavy (non-hydrogen) atoms. The van der Waals surface area contributed by atoms with Crippen LogP contribution in [-0.4, -0.2) is 44.0 Å². The fourth-order valence-electron chi connectivity index (χ4n) is 3.94. The van der Waals surface area contributed by atoms with Gasteiger partial charge in [0.25, 0.3) is 5.91 Å². The summed E-state index contributed by atoms with van der Waals surface area (Å²) < 4.78 is 2.40. The second kappa shape index (κ2) is 7.42. The monoisotopic (exact) mass is 448 g/mol. The Hall–Kier alpha value is -2.62. The van der Waals surface area contributed by atoms with E-state index in [9.17, 15) is 9.59 Å². The van der Waals surface area contributed by atoms with Gasteiger partial charge in [0.05, 0.1) is 28.0 Å².